The van der Waals surface area contributed by atoms with Gasteiger partial charge >= 0.3 is 11.9 Å². The van der Waals surface area contributed by atoms with Crippen LogP contribution in [-0.4, -0.2) is 31.9 Å². The van der Waals surface area contributed by atoms with Gasteiger partial charge in [0.15, 0.2) is 5.92 Å². The fourth-order valence-corrected chi connectivity index (χ4v) is 4.19. The molecule has 3 rings (SSSR count). The monoisotopic (exact) mass is 362 g/mol. The zero-order chi connectivity index (χ0) is 18.9. The summed E-state index contributed by atoms with van der Waals surface area (Å²) in [6, 6.07) is 5.54. The first kappa shape index (κ1) is 18.5. The predicted octanol–water partition coefficient (Wildman–Crippen LogP) is 3.36. The Hall–Kier alpha value is -2.24. The van der Waals surface area contributed by atoms with Gasteiger partial charge in [-0.3, -0.25) is 9.59 Å². The minimum atomic E-state index is -1.23. The van der Waals surface area contributed by atoms with E-state index in [1.807, 2.05) is 12.1 Å². The summed E-state index contributed by atoms with van der Waals surface area (Å²) in [7, 11) is 3.16. The van der Waals surface area contributed by atoms with Crippen LogP contribution < -0.4 is 9.47 Å². The molecule has 1 aliphatic carbocycles. The zero-order valence-corrected chi connectivity index (χ0v) is 15.8. The van der Waals surface area contributed by atoms with Gasteiger partial charge in [-0.2, -0.15) is 0 Å². The quantitative estimate of drug-likeness (QED) is 0.604. The third-order valence-corrected chi connectivity index (χ3v) is 5.39. The molecule has 2 fully saturated rings. The van der Waals surface area contributed by atoms with Gasteiger partial charge in [-0.25, -0.2) is 0 Å². The lowest BCUT2D eigenvalue weighted by Crippen LogP contribution is -2.55. The number of carbonyl (C=O) groups excluding carboxylic acids is 2. The van der Waals surface area contributed by atoms with E-state index >= 15 is 0 Å². The summed E-state index contributed by atoms with van der Waals surface area (Å²) < 4.78 is 21.6. The highest BCUT2D eigenvalue weighted by Crippen LogP contribution is 2.49. The molecule has 26 heavy (non-hydrogen) atoms. The molecule has 0 aromatic heterocycles. The van der Waals surface area contributed by atoms with Crippen molar-refractivity contribution in [2.75, 3.05) is 14.2 Å². The SMILES string of the molecule is COc1cc(OC)cc(C2(C3C(=O)OC(C)(C)OC3=O)CCCCC2)c1. The Bertz CT molecular complexity index is 660. The van der Waals surface area contributed by atoms with E-state index in [2.05, 4.69) is 0 Å². The third-order valence-electron chi connectivity index (χ3n) is 5.39. The molecule has 1 aromatic rings. The van der Waals surface area contributed by atoms with Crippen molar-refractivity contribution in [1.29, 1.82) is 0 Å². The molecule has 1 aromatic carbocycles. The molecular formula is C20H26O6. The molecule has 6 heteroatoms. The number of cyclic esters (lactones) is 2. The molecule has 0 atom stereocenters. The van der Waals surface area contributed by atoms with E-state index in [0.717, 1.165) is 24.8 Å². The van der Waals surface area contributed by atoms with Crippen LogP contribution in [-0.2, 0) is 24.5 Å². The second-order valence-electron chi connectivity index (χ2n) is 7.49. The number of hydrogen-bond acceptors (Lipinski definition) is 6. The molecule has 142 valence electrons. The number of esters is 2. The van der Waals surface area contributed by atoms with E-state index in [0.29, 0.717) is 24.3 Å². The van der Waals surface area contributed by atoms with Gasteiger partial charge in [0.1, 0.15) is 11.5 Å². The molecule has 1 aliphatic heterocycles. The highest BCUT2D eigenvalue weighted by molar-refractivity contribution is 5.98. The Morgan fingerprint density at radius 2 is 1.38 bits per heavy atom. The number of methoxy groups -OCH3 is 2. The van der Waals surface area contributed by atoms with Crippen LogP contribution in [0, 0.1) is 5.92 Å². The van der Waals surface area contributed by atoms with Gasteiger partial charge in [0.2, 0.25) is 0 Å². The molecule has 1 saturated carbocycles. The van der Waals surface area contributed by atoms with Crippen LogP contribution in [0.15, 0.2) is 18.2 Å². The number of hydrogen-bond donors (Lipinski definition) is 0. The molecule has 1 heterocycles. The van der Waals surface area contributed by atoms with E-state index < -0.39 is 29.1 Å². The summed E-state index contributed by atoms with van der Waals surface area (Å²) in [4.78, 5) is 25.6. The normalized spacial score (nSPS) is 22.3. The zero-order valence-electron chi connectivity index (χ0n) is 15.8. The minimum absolute atomic E-state index is 0.519. The van der Waals surface area contributed by atoms with Crippen LogP contribution in [0.3, 0.4) is 0 Å². The standard InChI is InChI=1S/C20H26O6/c1-19(2)25-17(21)16(18(22)26-19)20(8-6-5-7-9-20)13-10-14(23-3)12-15(11-13)24-4/h10-12,16H,5-9H2,1-4H3. The molecule has 0 radical (unpaired) electrons. The van der Waals surface area contributed by atoms with E-state index in [-0.39, 0.29) is 0 Å². The molecule has 2 aliphatic rings. The van der Waals surface area contributed by atoms with Crippen molar-refractivity contribution < 1.29 is 28.5 Å². The van der Waals surface area contributed by atoms with E-state index in [9.17, 15) is 9.59 Å². The summed E-state index contributed by atoms with van der Waals surface area (Å²) in [6.07, 6.45) is 4.35. The fraction of sp³-hybridized carbons (Fsp3) is 0.600. The van der Waals surface area contributed by atoms with E-state index in [4.69, 9.17) is 18.9 Å². The first-order chi connectivity index (χ1) is 12.3. The summed E-state index contributed by atoms with van der Waals surface area (Å²) in [5.74, 6) is -1.99. The van der Waals surface area contributed by atoms with Gasteiger partial charge in [0.05, 0.1) is 14.2 Å². The maximum atomic E-state index is 12.8. The van der Waals surface area contributed by atoms with Crippen molar-refractivity contribution in [1.82, 2.24) is 0 Å². The Labute approximate surface area is 153 Å². The fourth-order valence-electron chi connectivity index (χ4n) is 4.19. The summed E-state index contributed by atoms with van der Waals surface area (Å²) in [6.45, 7) is 3.14. The van der Waals surface area contributed by atoms with Gasteiger partial charge in [-0.1, -0.05) is 19.3 Å². The number of rotatable bonds is 4. The first-order valence-electron chi connectivity index (χ1n) is 9.00. The van der Waals surface area contributed by atoms with Crippen LogP contribution in [0.4, 0.5) is 0 Å². The second kappa shape index (κ2) is 6.82. The van der Waals surface area contributed by atoms with Gasteiger partial charge in [0.25, 0.3) is 5.79 Å². The number of benzene rings is 1. The van der Waals surface area contributed by atoms with Crippen molar-refractivity contribution in [3.8, 4) is 11.5 Å². The third kappa shape index (κ3) is 3.24. The van der Waals surface area contributed by atoms with Crippen molar-refractivity contribution >= 4 is 11.9 Å². The molecule has 0 spiro atoms. The Kier molecular flexibility index (Phi) is 4.86. The van der Waals surface area contributed by atoms with Crippen molar-refractivity contribution in [2.45, 2.75) is 57.2 Å². The topological polar surface area (TPSA) is 71.1 Å². The highest BCUT2D eigenvalue weighted by atomic mass is 16.7. The molecule has 0 unspecified atom stereocenters. The van der Waals surface area contributed by atoms with Gasteiger partial charge in [-0.05, 0) is 30.5 Å². The van der Waals surface area contributed by atoms with Gasteiger partial charge in [-0.15, -0.1) is 0 Å². The van der Waals surface area contributed by atoms with E-state index in [1.165, 1.54) is 0 Å². The molecule has 0 N–H and O–H groups in total. The average Bonchev–Trinajstić information content (AvgIpc) is 2.60. The molecule has 1 saturated heterocycles. The lowest BCUT2D eigenvalue weighted by molar-refractivity contribution is -0.244. The summed E-state index contributed by atoms with van der Waals surface area (Å²) >= 11 is 0. The molecule has 0 amide bonds. The summed E-state index contributed by atoms with van der Waals surface area (Å²) in [5, 5.41) is 0. The Balaban J connectivity index is 2.11. The van der Waals surface area contributed by atoms with Crippen molar-refractivity contribution in [3.05, 3.63) is 23.8 Å². The number of carbonyl (C=O) groups is 2. The van der Waals surface area contributed by atoms with Crippen LogP contribution in [0.2, 0.25) is 0 Å². The molecule has 0 bridgehead atoms. The van der Waals surface area contributed by atoms with Crippen LogP contribution in [0.5, 0.6) is 11.5 Å². The van der Waals surface area contributed by atoms with Crippen LogP contribution >= 0.6 is 0 Å². The van der Waals surface area contributed by atoms with Gasteiger partial charge in [0, 0.05) is 25.3 Å². The highest BCUT2D eigenvalue weighted by Gasteiger charge is 2.55. The number of ether oxygens (including phenoxy) is 4. The van der Waals surface area contributed by atoms with E-state index in [1.54, 1.807) is 34.1 Å². The molecule has 6 nitrogen and oxygen atoms in total. The molecular weight excluding hydrogens is 336 g/mol. The van der Waals surface area contributed by atoms with Crippen LogP contribution in [0.25, 0.3) is 0 Å². The second-order valence-corrected chi connectivity index (χ2v) is 7.49. The first-order valence-corrected chi connectivity index (χ1v) is 9.00. The predicted molar refractivity (Wildman–Crippen MR) is 94.1 cm³/mol. The summed E-state index contributed by atoms with van der Waals surface area (Å²) in [5.41, 5.74) is 0.178. The largest absolute Gasteiger partial charge is 0.497 e. The smallest absolute Gasteiger partial charge is 0.324 e. The van der Waals surface area contributed by atoms with Gasteiger partial charge < -0.3 is 18.9 Å². The lowest BCUT2D eigenvalue weighted by atomic mass is 9.61. The minimum Gasteiger partial charge on any atom is -0.497 e. The average molecular weight is 362 g/mol. The maximum Gasteiger partial charge on any atom is 0.324 e. The van der Waals surface area contributed by atoms with Crippen molar-refractivity contribution in [2.24, 2.45) is 5.92 Å². The maximum absolute atomic E-state index is 12.8. The van der Waals surface area contributed by atoms with Crippen molar-refractivity contribution in [3.63, 3.8) is 0 Å². The lowest BCUT2D eigenvalue weighted by Gasteiger charge is -2.45. The Morgan fingerprint density at radius 3 is 1.85 bits per heavy atom. The van der Waals surface area contributed by atoms with Crippen LogP contribution in [0.1, 0.15) is 51.5 Å². The Morgan fingerprint density at radius 1 is 0.885 bits per heavy atom.